The van der Waals surface area contributed by atoms with E-state index in [-0.39, 0.29) is 18.6 Å². The van der Waals surface area contributed by atoms with Crippen LogP contribution in [0.4, 0.5) is 0 Å². The van der Waals surface area contributed by atoms with Crippen LogP contribution in [0.1, 0.15) is 45.4 Å². The van der Waals surface area contributed by atoms with Crippen molar-refractivity contribution < 1.29 is 28.1 Å². The van der Waals surface area contributed by atoms with Gasteiger partial charge >= 0.3 is 18.6 Å². The van der Waals surface area contributed by atoms with Crippen LogP contribution in [0.25, 0.3) is 0 Å². The fourth-order valence-electron chi connectivity index (χ4n) is 0.568. The Morgan fingerprint density at radius 1 is 1.43 bits per heavy atom. The van der Waals surface area contributed by atoms with E-state index in [0.29, 0.717) is 12.8 Å². The van der Waals surface area contributed by atoms with E-state index in [2.05, 4.69) is 16.2 Å². The summed E-state index contributed by atoms with van der Waals surface area (Å²) in [6.45, 7) is 2.05. The molecule has 0 aliphatic heterocycles. The zero-order chi connectivity index (χ0) is 10.4. The fourth-order valence-corrected chi connectivity index (χ4v) is 0.804. The second-order valence-corrected chi connectivity index (χ2v) is 3.05. The summed E-state index contributed by atoms with van der Waals surface area (Å²) in [6.07, 6.45) is 10.2. The maximum absolute atomic E-state index is 9.66. The smallest absolute Gasteiger partial charge is 0.542 e. The zero-order valence-electron chi connectivity index (χ0n) is 8.74. The van der Waals surface area contributed by atoms with Crippen molar-refractivity contribution in [3.05, 3.63) is 6.16 Å². The minimum atomic E-state index is 0. The van der Waals surface area contributed by atoms with Crippen molar-refractivity contribution in [3.8, 4) is 0 Å². The third kappa shape index (κ3) is 29.4. The van der Waals surface area contributed by atoms with E-state index in [1.54, 1.807) is 0 Å². The molecule has 4 heteroatoms. The molecule has 0 amide bonds. The van der Waals surface area contributed by atoms with Crippen LogP contribution in [0.5, 0.6) is 0 Å². The van der Waals surface area contributed by atoms with Gasteiger partial charge in [0.25, 0.3) is 0 Å². The van der Waals surface area contributed by atoms with Gasteiger partial charge < -0.3 is 15.8 Å². The molecule has 0 saturated heterocycles. The van der Waals surface area contributed by atoms with Crippen LogP contribution in [-0.4, -0.2) is 12.6 Å². The Morgan fingerprint density at radius 3 is 2.36 bits per heavy atom. The third-order valence-corrected chi connectivity index (χ3v) is 1.66. The van der Waals surface area contributed by atoms with Crippen LogP contribution in [-0.2, 0) is 28.1 Å². The Balaban J connectivity index is -0.000000163. The van der Waals surface area contributed by atoms with Crippen LogP contribution in [0.15, 0.2) is 0 Å². The molecule has 1 radical (unpaired) electrons. The molecule has 14 heavy (non-hydrogen) atoms. The monoisotopic (exact) mass is 253 g/mol. The van der Waals surface area contributed by atoms with Crippen molar-refractivity contribution in [2.75, 3.05) is 0 Å². The van der Waals surface area contributed by atoms with E-state index in [0.717, 1.165) is 32.0 Å². The van der Waals surface area contributed by atoms with Crippen LogP contribution < -0.4 is 0 Å². The van der Waals surface area contributed by atoms with Crippen molar-refractivity contribution in [3.63, 3.8) is 0 Å². The van der Waals surface area contributed by atoms with E-state index < -0.39 is 0 Å². The third-order valence-electron chi connectivity index (χ3n) is 1.33. The summed E-state index contributed by atoms with van der Waals surface area (Å²) < 4.78 is 0. The van der Waals surface area contributed by atoms with Crippen LogP contribution in [0, 0.1) is 6.16 Å². The van der Waals surface area contributed by atoms with Gasteiger partial charge in [0.05, 0.1) is 0 Å². The molecular formula is C10H19O2PV. The van der Waals surface area contributed by atoms with Gasteiger partial charge in [-0.2, -0.15) is 12.8 Å². The fraction of sp³-hybridized carbons (Fsp3) is 0.700. The summed E-state index contributed by atoms with van der Waals surface area (Å²) in [4.78, 5) is 19.1. The number of carbonyl (C=O) groups is 1. The van der Waals surface area contributed by atoms with E-state index in [4.69, 9.17) is 0 Å². The Hall–Kier alpha value is 0.354. The minimum Gasteiger partial charge on any atom is -0.542 e. The first kappa shape index (κ1) is 19.9. The number of aldehydes is 1. The van der Waals surface area contributed by atoms with Crippen molar-refractivity contribution in [1.29, 1.82) is 0 Å². The Labute approximate surface area is 102 Å². The van der Waals surface area contributed by atoms with Gasteiger partial charge in [-0.15, -0.1) is 0 Å². The Kier molecular flexibility index (Phi) is 33.0. The topological polar surface area (TPSA) is 34.1 Å². The molecule has 0 rings (SSSR count). The van der Waals surface area contributed by atoms with E-state index in [1.807, 2.05) is 12.4 Å². The molecule has 0 aromatic carbocycles. The molecule has 0 aliphatic carbocycles. The second kappa shape index (κ2) is 23.3. The van der Waals surface area contributed by atoms with Gasteiger partial charge in [-0.25, -0.2) is 0 Å². The summed E-state index contributed by atoms with van der Waals surface area (Å²) in [7, 11) is 2.51. The normalized spacial score (nSPS) is 7.86. The minimum absolute atomic E-state index is 0. The first-order chi connectivity index (χ1) is 6.33. The average molecular weight is 253 g/mol. The van der Waals surface area contributed by atoms with Crippen molar-refractivity contribution in [1.82, 2.24) is 0 Å². The summed E-state index contributed by atoms with van der Waals surface area (Å²) in [5.41, 5.74) is 0. The van der Waals surface area contributed by atoms with Gasteiger partial charge in [0, 0.05) is 6.42 Å². The standard InChI is InChI=1S/C5H10OP.C5H9O.V/c6-4-2-1-3-5-7;1-2-3-4-5-6;/h4-5H,1-3,7H2;2-4H2,1H3;/q2*-1;+2. The number of rotatable bonds is 7. The number of carbonyl (C=O) groups excluding carboxylic acids is 2. The number of hydrogen-bond acceptors (Lipinski definition) is 2. The number of hydrogen-bond donors (Lipinski definition) is 0. The van der Waals surface area contributed by atoms with Crippen LogP contribution in [0.3, 0.4) is 0 Å². The van der Waals surface area contributed by atoms with Gasteiger partial charge in [-0.3, -0.25) is 15.5 Å². The summed E-state index contributed by atoms with van der Waals surface area (Å²) in [5.74, 6) is 0. The first-order valence-electron chi connectivity index (χ1n) is 4.65. The van der Waals surface area contributed by atoms with Crippen molar-refractivity contribution >= 4 is 21.8 Å². The molecule has 0 fully saturated rings. The molecule has 1 atom stereocenters. The zero-order valence-corrected chi connectivity index (χ0v) is 11.3. The molecule has 0 aromatic rings. The quantitative estimate of drug-likeness (QED) is 0.302. The molecular weight excluding hydrogens is 234 g/mol. The molecule has 0 saturated carbocycles. The number of unbranched alkanes of at least 4 members (excludes halogenated alkanes) is 4. The Bertz CT molecular complexity index is 110. The van der Waals surface area contributed by atoms with E-state index in [1.165, 1.54) is 0 Å². The predicted molar refractivity (Wildman–Crippen MR) is 59.1 cm³/mol. The van der Waals surface area contributed by atoms with E-state index >= 15 is 0 Å². The molecule has 2 nitrogen and oxygen atoms in total. The molecule has 0 aliphatic rings. The van der Waals surface area contributed by atoms with Gasteiger partial charge in [0.2, 0.25) is 0 Å². The molecule has 81 valence electrons. The molecule has 0 bridgehead atoms. The largest absolute Gasteiger partial charge is 2.00 e. The van der Waals surface area contributed by atoms with Crippen LogP contribution in [0.2, 0.25) is 0 Å². The predicted octanol–water partition coefficient (Wildman–Crippen LogP) is 2.68. The van der Waals surface area contributed by atoms with Gasteiger partial charge in [0.1, 0.15) is 6.29 Å². The maximum Gasteiger partial charge on any atom is 2.00 e. The molecule has 1 unspecified atom stereocenters. The average Bonchev–Trinajstić information content (AvgIpc) is 2.17. The van der Waals surface area contributed by atoms with Crippen LogP contribution >= 0.6 is 9.24 Å². The second-order valence-electron chi connectivity index (χ2n) is 2.58. The summed E-state index contributed by atoms with van der Waals surface area (Å²) >= 11 is 0. The van der Waals surface area contributed by atoms with Crippen molar-refractivity contribution in [2.45, 2.75) is 45.4 Å². The SMILES string of the molecule is CCCC[C-]=O.O=CCCC[CH-]P.[V+2]. The van der Waals surface area contributed by atoms with Gasteiger partial charge in [-0.05, 0) is 0 Å². The van der Waals surface area contributed by atoms with Crippen molar-refractivity contribution in [2.24, 2.45) is 0 Å². The molecule has 0 heterocycles. The summed E-state index contributed by atoms with van der Waals surface area (Å²) in [5, 5.41) is 0. The Morgan fingerprint density at radius 2 is 2.07 bits per heavy atom. The molecule has 0 spiro atoms. The van der Waals surface area contributed by atoms with E-state index in [9.17, 15) is 9.59 Å². The molecule has 0 aromatic heterocycles. The maximum atomic E-state index is 9.66. The van der Waals surface area contributed by atoms with Gasteiger partial charge in [0.15, 0.2) is 0 Å². The molecule has 0 N–H and O–H groups in total. The summed E-state index contributed by atoms with van der Waals surface area (Å²) in [6, 6.07) is 0. The first-order valence-corrected chi connectivity index (χ1v) is 5.32. The van der Waals surface area contributed by atoms with Gasteiger partial charge in [-0.1, -0.05) is 26.2 Å².